The third-order valence-electron chi connectivity index (χ3n) is 4.99. The van der Waals surface area contributed by atoms with Gasteiger partial charge < -0.3 is 9.30 Å². The Morgan fingerprint density at radius 2 is 1.88 bits per heavy atom. The maximum Gasteiger partial charge on any atom is 0.145 e. The monoisotopic (exact) mass is 375 g/mol. The topological polar surface area (TPSA) is 39.9 Å². The van der Waals surface area contributed by atoms with Gasteiger partial charge in [0.05, 0.1) is 12.5 Å². The average molecular weight is 376 g/mol. The fraction of sp³-hybridized carbons (Fsp3) is 0.368. The molecule has 1 saturated carbocycles. The normalized spacial score (nSPS) is 15.6. The van der Waals surface area contributed by atoms with Gasteiger partial charge in [0.25, 0.3) is 0 Å². The van der Waals surface area contributed by atoms with E-state index in [-0.39, 0.29) is 0 Å². The zero-order valence-electron chi connectivity index (χ0n) is 14.0. The lowest BCUT2D eigenvalue weighted by Gasteiger charge is -2.23. The predicted molar refractivity (Wildman–Crippen MR) is 102 cm³/mol. The van der Waals surface area contributed by atoms with Crippen LogP contribution in [0.4, 0.5) is 0 Å². The largest absolute Gasteiger partial charge is 0.497 e. The Balaban J connectivity index is 1.95. The minimum Gasteiger partial charge on any atom is -0.497 e. The summed E-state index contributed by atoms with van der Waals surface area (Å²) >= 11 is 12.9. The minimum absolute atomic E-state index is 0.445. The smallest absolute Gasteiger partial charge is 0.145 e. The van der Waals surface area contributed by atoms with E-state index in [1.807, 2.05) is 18.2 Å². The molecule has 0 saturated heterocycles. The first-order valence-electron chi connectivity index (χ1n) is 8.54. The lowest BCUT2D eigenvalue weighted by atomic mass is 9.95. The summed E-state index contributed by atoms with van der Waals surface area (Å²) in [5, 5.41) is 1.96. The number of hydrogen-bond donors (Lipinski definition) is 0. The van der Waals surface area contributed by atoms with Crippen LogP contribution in [-0.2, 0) is 0 Å². The van der Waals surface area contributed by atoms with Crippen molar-refractivity contribution in [3.8, 4) is 16.9 Å². The van der Waals surface area contributed by atoms with Gasteiger partial charge in [0.2, 0.25) is 0 Å². The van der Waals surface area contributed by atoms with Crippen LogP contribution >= 0.6 is 23.2 Å². The van der Waals surface area contributed by atoms with E-state index in [4.69, 9.17) is 27.9 Å². The highest BCUT2D eigenvalue weighted by molar-refractivity contribution is 6.36. The van der Waals surface area contributed by atoms with Crippen molar-refractivity contribution in [2.75, 3.05) is 7.11 Å². The highest BCUT2D eigenvalue weighted by Gasteiger charge is 2.23. The Morgan fingerprint density at radius 1 is 1.08 bits per heavy atom. The van der Waals surface area contributed by atoms with E-state index in [2.05, 4.69) is 20.7 Å². The zero-order valence-corrected chi connectivity index (χ0v) is 15.5. The second-order valence-corrected chi connectivity index (χ2v) is 7.22. The van der Waals surface area contributed by atoms with Gasteiger partial charge >= 0.3 is 0 Å². The Bertz CT molecular complexity index is 916. The molecular formula is C19H19Cl2N3O. The molecule has 25 heavy (non-hydrogen) atoms. The van der Waals surface area contributed by atoms with Crippen molar-refractivity contribution in [3.05, 3.63) is 40.9 Å². The highest BCUT2D eigenvalue weighted by Crippen LogP contribution is 2.41. The second-order valence-electron chi connectivity index (χ2n) is 6.45. The van der Waals surface area contributed by atoms with E-state index in [1.165, 1.54) is 25.6 Å². The van der Waals surface area contributed by atoms with Gasteiger partial charge in [-0.2, -0.15) is 0 Å². The quantitative estimate of drug-likeness (QED) is 0.533. The SMILES string of the molecule is COc1ccc(Cl)c(-c2cn(C3CCCCC3)c3ncnc(Cl)c23)c1. The number of hydrogen-bond acceptors (Lipinski definition) is 3. The summed E-state index contributed by atoms with van der Waals surface area (Å²) in [5.41, 5.74) is 2.72. The van der Waals surface area contributed by atoms with Crippen molar-refractivity contribution in [1.29, 1.82) is 0 Å². The molecule has 130 valence electrons. The zero-order chi connectivity index (χ0) is 17.4. The molecule has 0 N–H and O–H groups in total. The molecule has 4 nitrogen and oxygen atoms in total. The van der Waals surface area contributed by atoms with E-state index >= 15 is 0 Å². The maximum atomic E-state index is 6.49. The van der Waals surface area contributed by atoms with Gasteiger partial charge in [-0.05, 0) is 31.0 Å². The van der Waals surface area contributed by atoms with Crippen LogP contribution in [0.25, 0.3) is 22.2 Å². The molecule has 1 aromatic carbocycles. The summed E-state index contributed by atoms with van der Waals surface area (Å²) < 4.78 is 7.62. The molecule has 6 heteroatoms. The lowest BCUT2D eigenvalue weighted by molar-refractivity contribution is 0.360. The van der Waals surface area contributed by atoms with Crippen LogP contribution in [0.15, 0.2) is 30.7 Å². The number of nitrogens with zero attached hydrogens (tertiary/aromatic N) is 3. The first-order chi connectivity index (χ1) is 12.2. The van der Waals surface area contributed by atoms with E-state index in [9.17, 15) is 0 Å². The van der Waals surface area contributed by atoms with Crippen molar-refractivity contribution in [3.63, 3.8) is 0 Å². The third kappa shape index (κ3) is 2.98. The molecule has 0 unspecified atom stereocenters. The van der Waals surface area contributed by atoms with Crippen LogP contribution in [0, 0.1) is 0 Å². The number of fused-ring (bicyclic) bond motifs is 1. The van der Waals surface area contributed by atoms with Crippen LogP contribution < -0.4 is 4.74 Å². The molecule has 0 amide bonds. The van der Waals surface area contributed by atoms with Gasteiger partial charge in [0, 0.05) is 28.4 Å². The molecule has 1 aliphatic rings. The fourth-order valence-electron chi connectivity index (χ4n) is 3.73. The van der Waals surface area contributed by atoms with Gasteiger partial charge in [-0.3, -0.25) is 0 Å². The molecule has 0 spiro atoms. The molecule has 1 fully saturated rings. The summed E-state index contributed by atoms with van der Waals surface area (Å²) in [6.07, 6.45) is 9.78. The number of rotatable bonds is 3. The van der Waals surface area contributed by atoms with Crippen LogP contribution in [0.5, 0.6) is 5.75 Å². The molecule has 2 aromatic heterocycles. The molecular weight excluding hydrogens is 357 g/mol. The van der Waals surface area contributed by atoms with Gasteiger partial charge in [-0.1, -0.05) is 42.5 Å². The second kappa shape index (κ2) is 6.85. The van der Waals surface area contributed by atoms with Crippen molar-refractivity contribution >= 4 is 34.2 Å². The predicted octanol–water partition coefficient (Wildman–Crippen LogP) is 5.92. The molecule has 0 atom stereocenters. The minimum atomic E-state index is 0.445. The summed E-state index contributed by atoms with van der Waals surface area (Å²) in [4.78, 5) is 8.72. The summed E-state index contributed by atoms with van der Waals surface area (Å²) in [6.45, 7) is 0. The number of benzene rings is 1. The molecule has 0 aliphatic heterocycles. The molecule has 4 rings (SSSR count). The lowest BCUT2D eigenvalue weighted by Crippen LogP contribution is -2.12. The standard InChI is InChI=1S/C19H19Cl2N3O/c1-25-13-7-8-16(20)14(9-13)15-10-24(12-5-3-2-4-6-12)19-17(15)18(21)22-11-23-19/h7-12H,2-6H2,1H3. The summed E-state index contributed by atoms with van der Waals surface area (Å²) in [5.74, 6) is 0.755. The molecule has 0 radical (unpaired) electrons. The van der Waals surface area contributed by atoms with E-state index in [1.54, 1.807) is 7.11 Å². The third-order valence-corrected chi connectivity index (χ3v) is 5.61. The maximum absolute atomic E-state index is 6.49. The van der Waals surface area contributed by atoms with Gasteiger partial charge in [0.1, 0.15) is 22.9 Å². The average Bonchev–Trinajstić information content (AvgIpc) is 3.04. The van der Waals surface area contributed by atoms with Crippen LogP contribution in [0.1, 0.15) is 38.1 Å². The first kappa shape index (κ1) is 16.7. The van der Waals surface area contributed by atoms with Crippen molar-refractivity contribution in [2.24, 2.45) is 0 Å². The molecule has 2 heterocycles. The van der Waals surface area contributed by atoms with Gasteiger partial charge in [-0.25, -0.2) is 9.97 Å². The molecule has 0 bridgehead atoms. The Hall–Kier alpha value is -1.78. The molecule has 1 aliphatic carbocycles. The van der Waals surface area contributed by atoms with Crippen molar-refractivity contribution in [2.45, 2.75) is 38.1 Å². The van der Waals surface area contributed by atoms with Crippen LogP contribution in [-0.4, -0.2) is 21.6 Å². The number of aromatic nitrogens is 3. The number of ether oxygens (including phenoxy) is 1. The Morgan fingerprint density at radius 3 is 2.64 bits per heavy atom. The van der Waals surface area contributed by atoms with Gasteiger partial charge in [0.15, 0.2) is 0 Å². The summed E-state index contributed by atoms with van der Waals surface area (Å²) in [7, 11) is 1.65. The fourth-order valence-corrected chi connectivity index (χ4v) is 4.18. The Labute approximate surface area is 156 Å². The van der Waals surface area contributed by atoms with Crippen LogP contribution in [0.2, 0.25) is 10.2 Å². The van der Waals surface area contributed by atoms with Crippen molar-refractivity contribution < 1.29 is 4.74 Å². The number of methoxy groups -OCH3 is 1. The van der Waals surface area contributed by atoms with E-state index in [0.29, 0.717) is 16.2 Å². The first-order valence-corrected chi connectivity index (χ1v) is 9.29. The van der Waals surface area contributed by atoms with Crippen LogP contribution in [0.3, 0.4) is 0 Å². The molecule has 3 aromatic rings. The van der Waals surface area contributed by atoms with Gasteiger partial charge in [-0.15, -0.1) is 0 Å². The number of halogens is 2. The van der Waals surface area contributed by atoms with E-state index in [0.717, 1.165) is 40.8 Å². The van der Waals surface area contributed by atoms with Crippen molar-refractivity contribution in [1.82, 2.24) is 14.5 Å². The highest BCUT2D eigenvalue weighted by atomic mass is 35.5. The summed E-state index contributed by atoms with van der Waals surface area (Å²) in [6, 6.07) is 6.08. The van der Waals surface area contributed by atoms with E-state index < -0.39 is 0 Å². The Kier molecular flexibility index (Phi) is 4.57.